The van der Waals surface area contributed by atoms with Crippen molar-refractivity contribution in [3.8, 4) is 11.5 Å². The highest BCUT2D eigenvalue weighted by Gasteiger charge is 2.12. The number of ether oxygens (including phenoxy) is 1. The van der Waals surface area contributed by atoms with Gasteiger partial charge in [-0.1, -0.05) is 28.1 Å². The van der Waals surface area contributed by atoms with E-state index in [1.165, 1.54) is 12.1 Å². The first-order valence-electron chi connectivity index (χ1n) is 5.37. The van der Waals surface area contributed by atoms with E-state index in [1.807, 2.05) is 24.3 Å². The number of nitro groups is 1. The molecule has 0 aromatic heterocycles. The Morgan fingerprint density at radius 2 is 1.89 bits per heavy atom. The molecule has 2 rings (SSSR count). The summed E-state index contributed by atoms with van der Waals surface area (Å²) in [6.07, 6.45) is 0. The molecule has 98 valence electrons. The highest BCUT2D eigenvalue weighted by molar-refractivity contribution is 9.10. The van der Waals surface area contributed by atoms with Gasteiger partial charge in [-0.05, 0) is 34.1 Å². The van der Waals surface area contributed by atoms with Crippen molar-refractivity contribution >= 4 is 37.5 Å². The van der Waals surface area contributed by atoms with Gasteiger partial charge in [-0.25, -0.2) is 0 Å². The number of hydrogen-bond donors (Lipinski definition) is 0. The van der Waals surface area contributed by atoms with Crippen LogP contribution in [0.1, 0.15) is 5.56 Å². The molecule has 0 radical (unpaired) electrons. The van der Waals surface area contributed by atoms with E-state index in [9.17, 15) is 10.1 Å². The third kappa shape index (κ3) is 3.33. The van der Waals surface area contributed by atoms with E-state index in [0.717, 1.165) is 10.0 Å². The Balaban J connectivity index is 2.35. The van der Waals surface area contributed by atoms with Gasteiger partial charge >= 0.3 is 0 Å². The van der Waals surface area contributed by atoms with Gasteiger partial charge in [0.05, 0.1) is 9.40 Å². The smallest absolute Gasteiger partial charge is 0.270 e. The van der Waals surface area contributed by atoms with Gasteiger partial charge in [0.15, 0.2) is 0 Å². The van der Waals surface area contributed by atoms with Crippen molar-refractivity contribution in [2.24, 2.45) is 0 Å². The lowest BCUT2D eigenvalue weighted by molar-refractivity contribution is -0.384. The van der Waals surface area contributed by atoms with Crippen LogP contribution in [0.25, 0.3) is 0 Å². The SMILES string of the molecule is O=[N+]([O-])c1ccc(Oc2ccccc2Br)c(CBr)c1. The quantitative estimate of drug-likeness (QED) is 0.420. The molecular weight excluding hydrogens is 378 g/mol. The Morgan fingerprint density at radius 1 is 1.16 bits per heavy atom. The van der Waals surface area contributed by atoms with Gasteiger partial charge in [-0.15, -0.1) is 0 Å². The summed E-state index contributed by atoms with van der Waals surface area (Å²) in [6, 6.07) is 12.0. The standard InChI is InChI=1S/C13H9Br2NO3/c14-8-9-7-10(16(17)18)5-6-12(9)19-13-4-2-1-3-11(13)15/h1-7H,8H2. The van der Waals surface area contributed by atoms with E-state index in [-0.39, 0.29) is 5.69 Å². The van der Waals surface area contributed by atoms with Crippen LogP contribution in [0.15, 0.2) is 46.9 Å². The predicted octanol–water partition coefficient (Wildman–Crippen LogP) is 5.04. The Morgan fingerprint density at radius 3 is 2.53 bits per heavy atom. The lowest BCUT2D eigenvalue weighted by Gasteiger charge is -2.10. The van der Waals surface area contributed by atoms with Crippen LogP contribution < -0.4 is 4.74 Å². The van der Waals surface area contributed by atoms with E-state index >= 15 is 0 Å². The minimum absolute atomic E-state index is 0.0499. The lowest BCUT2D eigenvalue weighted by atomic mass is 10.2. The van der Waals surface area contributed by atoms with Gasteiger partial charge in [-0.2, -0.15) is 0 Å². The molecule has 0 saturated carbocycles. The van der Waals surface area contributed by atoms with Gasteiger partial charge in [0.1, 0.15) is 11.5 Å². The summed E-state index contributed by atoms with van der Waals surface area (Å²) in [7, 11) is 0. The van der Waals surface area contributed by atoms with Crippen LogP contribution >= 0.6 is 31.9 Å². The lowest BCUT2D eigenvalue weighted by Crippen LogP contribution is -1.93. The molecule has 0 saturated heterocycles. The predicted molar refractivity (Wildman–Crippen MR) is 79.9 cm³/mol. The first kappa shape index (κ1) is 14.0. The molecule has 6 heteroatoms. The van der Waals surface area contributed by atoms with Crippen molar-refractivity contribution in [1.82, 2.24) is 0 Å². The second-order valence-electron chi connectivity index (χ2n) is 3.72. The minimum atomic E-state index is -0.422. The molecular formula is C13H9Br2NO3. The first-order valence-corrected chi connectivity index (χ1v) is 7.29. The van der Waals surface area contributed by atoms with Crippen LogP contribution in [0.3, 0.4) is 0 Å². The van der Waals surface area contributed by atoms with Crippen molar-refractivity contribution in [2.75, 3.05) is 0 Å². The maximum atomic E-state index is 10.7. The van der Waals surface area contributed by atoms with Crippen molar-refractivity contribution < 1.29 is 9.66 Å². The normalized spacial score (nSPS) is 10.2. The molecule has 0 unspecified atom stereocenters. The number of halogens is 2. The number of hydrogen-bond acceptors (Lipinski definition) is 3. The Bertz CT molecular complexity index is 617. The molecule has 2 aromatic rings. The highest BCUT2D eigenvalue weighted by atomic mass is 79.9. The van der Waals surface area contributed by atoms with Crippen molar-refractivity contribution in [1.29, 1.82) is 0 Å². The van der Waals surface area contributed by atoms with E-state index in [2.05, 4.69) is 31.9 Å². The molecule has 0 aliphatic carbocycles. The molecule has 0 bridgehead atoms. The number of rotatable bonds is 4. The monoisotopic (exact) mass is 385 g/mol. The fourth-order valence-corrected chi connectivity index (χ4v) is 2.33. The summed E-state index contributed by atoms with van der Waals surface area (Å²) >= 11 is 6.70. The fraction of sp³-hybridized carbons (Fsp3) is 0.0769. The van der Waals surface area contributed by atoms with Gasteiger partial charge in [0.2, 0.25) is 0 Å². The van der Waals surface area contributed by atoms with Crippen LogP contribution in [-0.2, 0) is 5.33 Å². The van der Waals surface area contributed by atoms with Gasteiger partial charge < -0.3 is 4.74 Å². The number of benzene rings is 2. The molecule has 0 amide bonds. The Labute approximate surface area is 126 Å². The summed E-state index contributed by atoms with van der Waals surface area (Å²) in [6.45, 7) is 0. The summed E-state index contributed by atoms with van der Waals surface area (Å²) in [5, 5.41) is 11.2. The van der Waals surface area contributed by atoms with E-state index in [4.69, 9.17) is 4.74 Å². The van der Waals surface area contributed by atoms with Crippen molar-refractivity contribution in [2.45, 2.75) is 5.33 Å². The topological polar surface area (TPSA) is 52.4 Å². The van der Waals surface area contributed by atoms with Crippen molar-refractivity contribution in [3.63, 3.8) is 0 Å². The Kier molecular flexibility index (Phi) is 4.55. The minimum Gasteiger partial charge on any atom is -0.456 e. The highest BCUT2D eigenvalue weighted by Crippen LogP contribution is 2.33. The fourth-order valence-electron chi connectivity index (χ4n) is 1.53. The van der Waals surface area contributed by atoms with Crippen LogP contribution in [0.4, 0.5) is 5.69 Å². The van der Waals surface area contributed by atoms with E-state index in [0.29, 0.717) is 16.8 Å². The molecule has 2 aromatic carbocycles. The van der Waals surface area contributed by atoms with Crippen LogP contribution in [0, 0.1) is 10.1 Å². The summed E-state index contributed by atoms with van der Waals surface area (Å²) in [5.74, 6) is 1.26. The summed E-state index contributed by atoms with van der Waals surface area (Å²) < 4.78 is 6.59. The molecule has 0 N–H and O–H groups in total. The molecule has 0 atom stereocenters. The maximum Gasteiger partial charge on any atom is 0.270 e. The van der Waals surface area contributed by atoms with Gasteiger partial charge in [0.25, 0.3) is 5.69 Å². The largest absolute Gasteiger partial charge is 0.456 e. The summed E-state index contributed by atoms with van der Waals surface area (Å²) in [5.41, 5.74) is 0.777. The van der Waals surface area contributed by atoms with E-state index < -0.39 is 4.92 Å². The van der Waals surface area contributed by atoms with Crippen molar-refractivity contribution in [3.05, 3.63) is 62.6 Å². The second-order valence-corrected chi connectivity index (χ2v) is 5.13. The molecule has 19 heavy (non-hydrogen) atoms. The van der Waals surface area contributed by atoms with E-state index in [1.54, 1.807) is 6.07 Å². The van der Waals surface area contributed by atoms with Gasteiger partial charge in [-0.3, -0.25) is 10.1 Å². The second kappa shape index (κ2) is 6.16. The molecule has 0 aliphatic rings. The van der Waals surface area contributed by atoms with Crippen LogP contribution in [-0.4, -0.2) is 4.92 Å². The molecule has 0 heterocycles. The first-order chi connectivity index (χ1) is 9.11. The molecule has 4 nitrogen and oxygen atoms in total. The summed E-state index contributed by atoms with van der Waals surface area (Å²) in [4.78, 5) is 10.3. The molecule has 0 spiro atoms. The van der Waals surface area contributed by atoms with Crippen LogP contribution in [0.5, 0.6) is 11.5 Å². The average Bonchev–Trinajstić information content (AvgIpc) is 2.41. The molecule has 0 fully saturated rings. The average molecular weight is 387 g/mol. The van der Waals surface area contributed by atoms with Crippen LogP contribution in [0.2, 0.25) is 0 Å². The number of para-hydroxylation sites is 1. The zero-order chi connectivity index (χ0) is 13.8. The maximum absolute atomic E-state index is 10.7. The number of nitro benzene ring substituents is 1. The number of nitrogens with zero attached hydrogens (tertiary/aromatic N) is 1. The third-order valence-corrected chi connectivity index (χ3v) is 3.71. The number of alkyl halides is 1. The zero-order valence-corrected chi connectivity index (χ0v) is 12.8. The zero-order valence-electron chi connectivity index (χ0n) is 9.68. The Hall–Kier alpha value is -1.40. The molecule has 0 aliphatic heterocycles. The third-order valence-electron chi connectivity index (χ3n) is 2.46. The number of non-ortho nitro benzene ring substituents is 1. The van der Waals surface area contributed by atoms with Gasteiger partial charge in [0, 0.05) is 23.0 Å².